The Labute approximate surface area is 200 Å². The number of anilines is 1. The number of ether oxygens (including phenoxy) is 1. The minimum absolute atomic E-state index is 0.0428. The minimum atomic E-state index is -3.89. The van der Waals surface area contributed by atoms with E-state index >= 15 is 0 Å². The molecule has 1 fully saturated rings. The highest BCUT2D eigenvalue weighted by Crippen LogP contribution is 2.32. The standard InChI is InChI=1S/C23H31ClN4O4S/c1-17-8-5-6-11-20(17)33(30,31)28(25)16-18-9-7-10-19(24)21(18)26-12-14-27(15-13-26)22(29)32-23(2,3)4/h5-11H,12-16,25H2,1-4H3. The zero-order chi connectivity index (χ0) is 24.4. The zero-order valence-electron chi connectivity index (χ0n) is 19.4. The van der Waals surface area contributed by atoms with E-state index in [9.17, 15) is 13.2 Å². The van der Waals surface area contributed by atoms with E-state index in [1.807, 2.05) is 31.7 Å². The molecule has 1 aliphatic heterocycles. The summed E-state index contributed by atoms with van der Waals surface area (Å²) in [6.07, 6.45) is -0.348. The lowest BCUT2D eigenvalue weighted by molar-refractivity contribution is 0.0240. The van der Waals surface area contributed by atoms with Gasteiger partial charge >= 0.3 is 6.09 Å². The van der Waals surface area contributed by atoms with Gasteiger partial charge in [-0.15, -0.1) is 4.41 Å². The van der Waals surface area contributed by atoms with Crippen LogP contribution in [0, 0.1) is 6.92 Å². The Morgan fingerprint density at radius 2 is 1.73 bits per heavy atom. The number of hydrogen-bond donors (Lipinski definition) is 1. The Bertz CT molecular complexity index is 1110. The van der Waals surface area contributed by atoms with Gasteiger partial charge in [0.05, 0.1) is 22.2 Å². The van der Waals surface area contributed by atoms with E-state index in [1.165, 1.54) is 0 Å². The Hall–Kier alpha value is -2.33. The number of amides is 1. The van der Waals surface area contributed by atoms with Crippen LogP contribution in [0.25, 0.3) is 0 Å². The average molecular weight is 495 g/mol. The molecule has 0 unspecified atom stereocenters. The van der Waals surface area contributed by atoms with Crippen LogP contribution in [0.4, 0.5) is 10.5 Å². The fourth-order valence-corrected chi connectivity index (χ4v) is 5.31. The van der Waals surface area contributed by atoms with E-state index in [-0.39, 0.29) is 17.5 Å². The Morgan fingerprint density at radius 3 is 2.33 bits per heavy atom. The van der Waals surface area contributed by atoms with Gasteiger partial charge in [-0.25, -0.2) is 13.2 Å². The SMILES string of the molecule is Cc1ccccc1S(=O)(=O)N(N)Cc1cccc(Cl)c1N1CCN(C(=O)OC(C)(C)C)CC1. The zero-order valence-corrected chi connectivity index (χ0v) is 21.0. The predicted molar refractivity (Wildman–Crippen MR) is 130 cm³/mol. The molecule has 2 aromatic rings. The van der Waals surface area contributed by atoms with Crippen LogP contribution in [0.2, 0.25) is 5.02 Å². The molecule has 0 radical (unpaired) electrons. The normalized spacial score (nSPS) is 15.1. The summed E-state index contributed by atoms with van der Waals surface area (Å²) in [6.45, 7) is 9.19. The van der Waals surface area contributed by atoms with Crippen LogP contribution in [-0.2, 0) is 21.3 Å². The summed E-state index contributed by atoms with van der Waals surface area (Å²) in [6, 6.07) is 12.1. The van der Waals surface area contributed by atoms with Crippen molar-refractivity contribution in [3.05, 3.63) is 58.6 Å². The summed E-state index contributed by atoms with van der Waals surface area (Å²) in [5.41, 5.74) is 1.47. The second-order valence-electron chi connectivity index (χ2n) is 9.02. The number of nitrogens with two attached hydrogens (primary N) is 1. The lowest BCUT2D eigenvalue weighted by atomic mass is 10.1. The van der Waals surface area contributed by atoms with E-state index in [1.54, 1.807) is 48.2 Å². The van der Waals surface area contributed by atoms with Crippen LogP contribution >= 0.6 is 11.6 Å². The molecule has 1 amide bonds. The highest BCUT2D eigenvalue weighted by molar-refractivity contribution is 7.89. The molecule has 3 rings (SSSR count). The molecular weight excluding hydrogens is 464 g/mol. The molecule has 0 aromatic heterocycles. The van der Waals surface area contributed by atoms with Crippen molar-refractivity contribution >= 4 is 33.4 Å². The lowest BCUT2D eigenvalue weighted by Crippen LogP contribution is -2.50. The monoisotopic (exact) mass is 494 g/mol. The first-order valence-corrected chi connectivity index (χ1v) is 12.6. The quantitative estimate of drug-likeness (QED) is 0.502. The summed E-state index contributed by atoms with van der Waals surface area (Å²) in [5.74, 6) is 6.07. The topological polar surface area (TPSA) is 96.2 Å². The molecule has 33 heavy (non-hydrogen) atoms. The molecular formula is C23H31ClN4O4S. The fraction of sp³-hybridized carbons (Fsp3) is 0.435. The summed E-state index contributed by atoms with van der Waals surface area (Å²) < 4.78 is 32.4. The van der Waals surface area contributed by atoms with Gasteiger partial charge < -0.3 is 14.5 Å². The fourth-order valence-electron chi connectivity index (χ4n) is 3.71. The molecule has 0 saturated carbocycles. The van der Waals surface area contributed by atoms with Crippen molar-refractivity contribution in [2.45, 2.75) is 44.7 Å². The molecule has 1 aliphatic rings. The van der Waals surface area contributed by atoms with Crippen molar-refractivity contribution in [3.63, 3.8) is 0 Å². The third kappa shape index (κ3) is 5.97. The number of sulfonamides is 1. The van der Waals surface area contributed by atoms with E-state index < -0.39 is 15.6 Å². The van der Waals surface area contributed by atoms with Crippen molar-refractivity contribution in [2.24, 2.45) is 5.84 Å². The van der Waals surface area contributed by atoms with Crippen LogP contribution in [-0.4, -0.2) is 55.6 Å². The van der Waals surface area contributed by atoms with Crippen LogP contribution in [0.15, 0.2) is 47.4 Å². The summed E-state index contributed by atoms with van der Waals surface area (Å²) in [4.78, 5) is 16.3. The number of piperazine rings is 1. The summed E-state index contributed by atoms with van der Waals surface area (Å²) in [7, 11) is -3.89. The first-order valence-electron chi connectivity index (χ1n) is 10.7. The van der Waals surface area contributed by atoms with Crippen molar-refractivity contribution in [2.75, 3.05) is 31.1 Å². The maximum Gasteiger partial charge on any atom is 0.410 e. The van der Waals surface area contributed by atoms with Gasteiger partial charge in [-0.05, 0) is 51.0 Å². The van der Waals surface area contributed by atoms with Gasteiger partial charge in [-0.2, -0.15) is 0 Å². The molecule has 0 atom stereocenters. The van der Waals surface area contributed by atoms with Gasteiger partial charge in [0.1, 0.15) is 5.60 Å². The molecule has 1 saturated heterocycles. The van der Waals surface area contributed by atoms with E-state index in [4.69, 9.17) is 22.2 Å². The van der Waals surface area contributed by atoms with Crippen LogP contribution in [0.1, 0.15) is 31.9 Å². The second-order valence-corrected chi connectivity index (χ2v) is 11.3. The summed E-state index contributed by atoms with van der Waals surface area (Å²) in [5, 5.41) is 0.500. The highest BCUT2D eigenvalue weighted by atomic mass is 35.5. The average Bonchev–Trinajstić information content (AvgIpc) is 2.73. The number of carbonyl (C=O) groups excluding carboxylic acids is 1. The number of rotatable bonds is 5. The van der Waals surface area contributed by atoms with Crippen LogP contribution in [0.3, 0.4) is 0 Å². The molecule has 180 valence electrons. The molecule has 0 spiro atoms. The maximum absolute atomic E-state index is 13.1. The maximum atomic E-state index is 13.1. The largest absolute Gasteiger partial charge is 0.444 e. The molecule has 0 bridgehead atoms. The molecule has 2 N–H and O–H groups in total. The smallest absolute Gasteiger partial charge is 0.410 e. The van der Waals surface area contributed by atoms with Crippen LogP contribution < -0.4 is 10.7 Å². The Morgan fingerprint density at radius 1 is 1.09 bits per heavy atom. The van der Waals surface area contributed by atoms with Crippen molar-refractivity contribution in [1.82, 2.24) is 9.31 Å². The van der Waals surface area contributed by atoms with Crippen molar-refractivity contribution < 1.29 is 17.9 Å². The van der Waals surface area contributed by atoms with E-state index in [0.717, 1.165) is 10.1 Å². The highest BCUT2D eigenvalue weighted by Gasteiger charge is 2.29. The predicted octanol–water partition coefficient (Wildman–Crippen LogP) is 3.77. The number of benzene rings is 2. The van der Waals surface area contributed by atoms with Gasteiger partial charge in [0.25, 0.3) is 10.0 Å². The number of aryl methyl sites for hydroxylation is 1. The van der Waals surface area contributed by atoms with Gasteiger partial charge in [0.2, 0.25) is 0 Å². The van der Waals surface area contributed by atoms with Crippen molar-refractivity contribution in [1.29, 1.82) is 0 Å². The Kier molecular flexibility index (Phi) is 7.58. The van der Waals surface area contributed by atoms with Gasteiger partial charge in [0.15, 0.2) is 0 Å². The third-order valence-electron chi connectivity index (χ3n) is 5.32. The molecule has 10 heteroatoms. The van der Waals surface area contributed by atoms with Gasteiger partial charge in [-0.3, -0.25) is 5.84 Å². The van der Waals surface area contributed by atoms with E-state index in [2.05, 4.69) is 0 Å². The Balaban J connectivity index is 1.78. The summed E-state index contributed by atoms with van der Waals surface area (Å²) >= 11 is 6.53. The number of hydrogen-bond acceptors (Lipinski definition) is 6. The molecule has 2 aromatic carbocycles. The molecule has 0 aliphatic carbocycles. The number of para-hydroxylation sites is 1. The first-order chi connectivity index (χ1) is 15.4. The number of hydrazine groups is 1. The molecule has 1 heterocycles. The number of carbonyl (C=O) groups is 1. The van der Waals surface area contributed by atoms with Gasteiger partial charge in [0, 0.05) is 26.2 Å². The number of halogens is 1. The van der Waals surface area contributed by atoms with Crippen LogP contribution in [0.5, 0.6) is 0 Å². The second kappa shape index (κ2) is 9.89. The van der Waals surface area contributed by atoms with Crippen molar-refractivity contribution in [3.8, 4) is 0 Å². The lowest BCUT2D eigenvalue weighted by Gasteiger charge is -2.38. The van der Waals surface area contributed by atoms with E-state index in [0.29, 0.717) is 42.3 Å². The third-order valence-corrected chi connectivity index (χ3v) is 7.39. The minimum Gasteiger partial charge on any atom is -0.444 e. The molecule has 8 nitrogen and oxygen atoms in total. The first kappa shape index (κ1) is 25.3. The van der Waals surface area contributed by atoms with Gasteiger partial charge in [-0.1, -0.05) is 41.9 Å². The number of nitrogens with zero attached hydrogens (tertiary/aromatic N) is 3.